The maximum Gasteiger partial charge on any atom is 0.215 e. The van der Waals surface area contributed by atoms with Gasteiger partial charge in [-0.15, -0.1) is 0 Å². The summed E-state index contributed by atoms with van der Waals surface area (Å²) in [7, 11) is 0. The zero-order chi connectivity index (χ0) is 25.0. The summed E-state index contributed by atoms with van der Waals surface area (Å²) in [5.74, 6) is 2.51. The van der Waals surface area contributed by atoms with Gasteiger partial charge in [0.25, 0.3) is 0 Å². The molecule has 0 aromatic carbocycles. The van der Waals surface area contributed by atoms with Gasteiger partial charge in [0.05, 0.1) is 30.5 Å². The number of nitrogens with zero attached hydrogens (tertiary/aromatic N) is 8. The largest absolute Gasteiger partial charge is 0.471 e. The van der Waals surface area contributed by atoms with E-state index in [0.29, 0.717) is 18.1 Å². The van der Waals surface area contributed by atoms with Crippen molar-refractivity contribution in [2.75, 3.05) is 37.7 Å². The average Bonchev–Trinajstić information content (AvgIpc) is 3.27. The van der Waals surface area contributed by atoms with E-state index in [2.05, 4.69) is 30.4 Å². The van der Waals surface area contributed by atoms with Crippen molar-refractivity contribution in [3.63, 3.8) is 0 Å². The predicted octanol–water partition coefficient (Wildman–Crippen LogP) is 2.78. The lowest BCUT2D eigenvalue weighted by atomic mass is 10.2. The molecule has 2 aliphatic heterocycles. The number of fused-ring (bicyclic) bond motifs is 1. The molecule has 0 N–H and O–H groups in total. The first kappa shape index (κ1) is 23.3. The van der Waals surface area contributed by atoms with E-state index >= 15 is 0 Å². The number of rotatable bonds is 8. The van der Waals surface area contributed by atoms with Crippen LogP contribution in [-0.2, 0) is 24.4 Å². The third-order valence-electron chi connectivity index (χ3n) is 6.85. The Hall–Kier alpha value is -4.07. The van der Waals surface area contributed by atoms with Gasteiger partial charge in [0.15, 0.2) is 5.65 Å². The minimum atomic E-state index is 0.253. The number of nitriles is 1. The van der Waals surface area contributed by atoms with Crippen LogP contribution in [0, 0.1) is 11.3 Å². The van der Waals surface area contributed by atoms with E-state index in [0.717, 1.165) is 80.8 Å². The smallest absolute Gasteiger partial charge is 0.215 e. The Morgan fingerprint density at radius 1 is 1.03 bits per heavy atom. The molecule has 2 fully saturated rings. The number of hydrogen-bond acceptors (Lipinski definition) is 9. The van der Waals surface area contributed by atoms with Gasteiger partial charge >= 0.3 is 0 Å². The quantitative estimate of drug-likeness (QED) is 0.364. The SMILES string of the molecule is N#Cc1ccc(COc2cccc(N3CCN(Cc4nc5cccnc5n4C[C@@H]4CCO4)CC3)n2)nc1. The van der Waals surface area contributed by atoms with Gasteiger partial charge in [0.1, 0.15) is 29.8 Å². The highest BCUT2D eigenvalue weighted by atomic mass is 16.5. The molecule has 0 aliphatic carbocycles. The molecule has 0 spiro atoms. The van der Waals surface area contributed by atoms with Crippen LogP contribution in [0.2, 0.25) is 0 Å². The third-order valence-corrected chi connectivity index (χ3v) is 6.85. The molecule has 2 saturated heterocycles. The van der Waals surface area contributed by atoms with E-state index in [1.165, 1.54) is 0 Å². The van der Waals surface area contributed by atoms with Crippen molar-refractivity contribution in [1.29, 1.82) is 5.26 Å². The molecule has 0 amide bonds. The molecular weight excluding hydrogens is 468 g/mol. The lowest BCUT2D eigenvalue weighted by molar-refractivity contribution is -0.0592. The van der Waals surface area contributed by atoms with Crippen molar-refractivity contribution in [3.05, 3.63) is 71.9 Å². The first-order chi connectivity index (χ1) is 18.2. The van der Waals surface area contributed by atoms with Crippen molar-refractivity contribution in [2.24, 2.45) is 0 Å². The standard InChI is InChI=1S/C27H28N8O2/c28-15-20-6-7-21(30-16-20)19-37-26-5-1-4-24(32-26)34-12-10-33(11-13-34)18-25-31-23-3-2-9-29-27(23)35(25)17-22-8-14-36-22/h1-7,9,16,22H,8,10-14,17-19H2/t22-/m0/s1. The van der Waals surface area contributed by atoms with Crippen molar-refractivity contribution >= 4 is 17.0 Å². The van der Waals surface area contributed by atoms with Crippen LogP contribution in [0.1, 0.15) is 23.5 Å². The summed E-state index contributed by atoms with van der Waals surface area (Å²) in [5.41, 5.74) is 3.16. The summed E-state index contributed by atoms with van der Waals surface area (Å²) in [4.78, 5) is 23.2. The molecule has 6 heterocycles. The lowest BCUT2D eigenvalue weighted by Crippen LogP contribution is -2.46. The molecule has 10 heteroatoms. The molecule has 188 valence electrons. The van der Waals surface area contributed by atoms with Crippen LogP contribution in [0.15, 0.2) is 54.9 Å². The van der Waals surface area contributed by atoms with E-state index in [4.69, 9.17) is 24.7 Å². The second-order valence-corrected chi connectivity index (χ2v) is 9.30. The second-order valence-electron chi connectivity index (χ2n) is 9.30. The van der Waals surface area contributed by atoms with Crippen LogP contribution in [0.25, 0.3) is 11.2 Å². The molecule has 2 aliphatic rings. The lowest BCUT2D eigenvalue weighted by Gasteiger charge is -2.35. The molecule has 4 aromatic heterocycles. The van der Waals surface area contributed by atoms with Gasteiger partial charge in [0.2, 0.25) is 5.88 Å². The van der Waals surface area contributed by atoms with Crippen LogP contribution in [0.4, 0.5) is 5.82 Å². The summed E-state index contributed by atoms with van der Waals surface area (Å²) in [6.07, 6.45) is 4.72. The topological polar surface area (TPSA) is 105 Å². The fourth-order valence-electron chi connectivity index (χ4n) is 4.67. The number of ether oxygens (including phenoxy) is 2. The fraction of sp³-hybridized carbons (Fsp3) is 0.370. The Morgan fingerprint density at radius 2 is 1.92 bits per heavy atom. The predicted molar refractivity (Wildman–Crippen MR) is 137 cm³/mol. The van der Waals surface area contributed by atoms with E-state index in [1.54, 1.807) is 18.3 Å². The van der Waals surface area contributed by atoms with Gasteiger partial charge in [-0.1, -0.05) is 6.07 Å². The van der Waals surface area contributed by atoms with E-state index in [9.17, 15) is 0 Å². The number of hydrogen-bond donors (Lipinski definition) is 0. The van der Waals surface area contributed by atoms with Crippen LogP contribution in [-0.4, -0.2) is 68.3 Å². The zero-order valence-corrected chi connectivity index (χ0v) is 20.5. The van der Waals surface area contributed by atoms with Crippen LogP contribution >= 0.6 is 0 Å². The highest BCUT2D eigenvalue weighted by Crippen LogP contribution is 2.22. The van der Waals surface area contributed by atoms with Crippen molar-refractivity contribution in [3.8, 4) is 11.9 Å². The summed E-state index contributed by atoms with van der Waals surface area (Å²) in [6.45, 7) is 6.31. The van der Waals surface area contributed by atoms with Gasteiger partial charge in [-0.25, -0.2) is 9.97 Å². The molecule has 4 aromatic rings. The van der Waals surface area contributed by atoms with Gasteiger partial charge in [-0.3, -0.25) is 9.88 Å². The molecule has 0 bridgehead atoms. The first-order valence-electron chi connectivity index (χ1n) is 12.6. The minimum absolute atomic E-state index is 0.253. The van der Waals surface area contributed by atoms with Crippen molar-refractivity contribution in [2.45, 2.75) is 32.2 Å². The molecule has 37 heavy (non-hydrogen) atoms. The van der Waals surface area contributed by atoms with E-state index in [-0.39, 0.29) is 6.10 Å². The number of anilines is 1. The minimum Gasteiger partial charge on any atom is -0.471 e. The van der Waals surface area contributed by atoms with Gasteiger partial charge in [-0.05, 0) is 36.8 Å². The molecular formula is C27H28N8O2. The Kier molecular flexibility index (Phi) is 6.62. The Balaban J connectivity index is 1.07. The molecule has 0 radical (unpaired) electrons. The summed E-state index contributed by atoms with van der Waals surface area (Å²) in [6, 6.07) is 15.4. The fourth-order valence-corrected chi connectivity index (χ4v) is 4.67. The Labute approximate surface area is 215 Å². The average molecular weight is 497 g/mol. The van der Waals surface area contributed by atoms with Gasteiger partial charge < -0.3 is 18.9 Å². The van der Waals surface area contributed by atoms with Crippen LogP contribution < -0.4 is 9.64 Å². The monoisotopic (exact) mass is 496 g/mol. The third kappa shape index (κ3) is 5.23. The molecule has 1 atom stereocenters. The van der Waals surface area contributed by atoms with Crippen molar-refractivity contribution < 1.29 is 9.47 Å². The van der Waals surface area contributed by atoms with Gasteiger partial charge in [-0.2, -0.15) is 10.2 Å². The second kappa shape index (κ2) is 10.5. The molecule has 10 nitrogen and oxygen atoms in total. The molecule has 0 unspecified atom stereocenters. The van der Waals surface area contributed by atoms with Crippen LogP contribution in [0.3, 0.4) is 0 Å². The van der Waals surface area contributed by atoms with Crippen LogP contribution in [0.5, 0.6) is 5.88 Å². The number of imidazole rings is 1. The first-order valence-corrected chi connectivity index (χ1v) is 12.6. The molecule has 0 saturated carbocycles. The number of piperazine rings is 1. The molecule has 6 rings (SSSR count). The summed E-state index contributed by atoms with van der Waals surface area (Å²) >= 11 is 0. The Morgan fingerprint density at radius 3 is 2.68 bits per heavy atom. The number of aromatic nitrogens is 5. The highest BCUT2D eigenvalue weighted by Gasteiger charge is 2.25. The number of pyridine rings is 3. The van der Waals surface area contributed by atoms with E-state index in [1.807, 2.05) is 36.5 Å². The summed E-state index contributed by atoms with van der Waals surface area (Å²) in [5, 5.41) is 8.92. The normalized spacial score (nSPS) is 17.9. The van der Waals surface area contributed by atoms with Crippen molar-refractivity contribution in [1.82, 2.24) is 29.4 Å². The summed E-state index contributed by atoms with van der Waals surface area (Å²) < 4.78 is 13.8. The highest BCUT2D eigenvalue weighted by molar-refractivity contribution is 5.71. The van der Waals surface area contributed by atoms with Gasteiger partial charge in [0, 0.05) is 51.2 Å². The maximum atomic E-state index is 8.92. The Bertz CT molecular complexity index is 1400. The zero-order valence-electron chi connectivity index (χ0n) is 20.5. The van der Waals surface area contributed by atoms with E-state index < -0.39 is 0 Å². The maximum absolute atomic E-state index is 8.92.